The molecule has 0 spiro atoms. The number of fused-ring (bicyclic) bond motifs is 2. The fourth-order valence-electron chi connectivity index (χ4n) is 4.50. The summed E-state index contributed by atoms with van der Waals surface area (Å²) in [6.45, 7) is 6.15. The summed E-state index contributed by atoms with van der Waals surface area (Å²) in [7, 11) is 2.11. The van der Waals surface area contributed by atoms with Crippen LogP contribution in [0.15, 0.2) is 0 Å². The third-order valence-electron chi connectivity index (χ3n) is 4.31. The molecule has 82 valence electrons. The fraction of sp³-hybridized carbons (Fsp3) is 1.00. The van der Waals surface area contributed by atoms with Crippen molar-refractivity contribution < 1.29 is 0 Å². The van der Waals surface area contributed by atoms with Gasteiger partial charge in [0.05, 0.1) is 0 Å². The first-order valence-electron chi connectivity index (χ1n) is 6.28. The third-order valence-corrected chi connectivity index (χ3v) is 4.31. The highest BCUT2D eigenvalue weighted by atomic mass is 14.8. The van der Waals surface area contributed by atoms with Crippen molar-refractivity contribution in [2.24, 2.45) is 23.2 Å². The topological polar surface area (TPSA) is 12.0 Å². The van der Waals surface area contributed by atoms with Crippen molar-refractivity contribution in [3.8, 4) is 0 Å². The van der Waals surface area contributed by atoms with Crippen LogP contribution in [0.5, 0.6) is 0 Å². The normalized spacial score (nSPS) is 47.8. The van der Waals surface area contributed by atoms with E-state index in [0.29, 0.717) is 5.41 Å². The molecular formula is C13H25N. The molecule has 2 unspecified atom stereocenters. The number of nitrogens with one attached hydrogen (secondary N) is 1. The van der Waals surface area contributed by atoms with Crippen LogP contribution in [-0.4, -0.2) is 13.6 Å². The van der Waals surface area contributed by atoms with Crippen LogP contribution < -0.4 is 5.32 Å². The summed E-state index contributed by atoms with van der Waals surface area (Å²) in [5.74, 6) is 2.97. The molecule has 0 radical (unpaired) electrons. The molecule has 2 saturated carbocycles. The smallest absolute Gasteiger partial charge is 0.000511 e. The monoisotopic (exact) mass is 195 g/mol. The van der Waals surface area contributed by atoms with Crippen LogP contribution in [0.2, 0.25) is 0 Å². The van der Waals surface area contributed by atoms with Gasteiger partial charge in [-0.1, -0.05) is 13.8 Å². The lowest BCUT2D eigenvalue weighted by atomic mass is 9.57. The second-order valence-electron chi connectivity index (χ2n) is 6.19. The van der Waals surface area contributed by atoms with Crippen molar-refractivity contribution in [3.63, 3.8) is 0 Å². The molecule has 2 aliphatic carbocycles. The van der Waals surface area contributed by atoms with Crippen LogP contribution in [0.1, 0.15) is 46.0 Å². The Hall–Kier alpha value is -0.0400. The van der Waals surface area contributed by atoms with Crippen molar-refractivity contribution in [1.82, 2.24) is 5.32 Å². The van der Waals surface area contributed by atoms with E-state index in [0.717, 1.165) is 17.8 Å². The van der Waals surface area contributed by atoms with Gasteiger partial charge in [-0.25, -0.2) is 0 Å². The molecule has 2 aliphatic rings. The molecule has 0 aromatic carbocycles. The Balaban J connectivity index is 2.10. The SMILES string of the molecule is CNCC12CC(C)CC(CC(C)C1)C2. The maximum Gasteiger partial charge on any atom is 0.000511 e. The first-order chi connectivity index (χ1) is 6.63. The number of hydrogen-bond acceptors (Lipinski definition) is 1. The highest BCUT2D eigenvalue weighted by molar-refractivity contribution is 4.95. The molecule has 0 aromatic rings. The van der Waals surface area contributed by atoms with Crippen molar-refractivity contribution >= 4 is 0 Å². The molecule has 2 bridgehead atoms. The highest BCUT2D eigenvalue weighted by Crippen LogP contribution is 2.52. The molecule has 2 fully saturated rings. The Kier molecular flexibility index (Phi) is 2.88. The predicted octanol–water partition coefficient (Wildman–Crippen LogP) is 3.06. The summed E-state index contributed by atoms with van der Waals surface area (Å²) >= 11 is 0. The summed E-state index contributed by atoms with van der Waals surface area (Å²) in [6, 6.07) is 0. The van der Waals surface area contributed by atoms with E-state index >= 15 is 0 Å². The van der Waals surface area contributed by atoms with Gasteiger partial charge >= 0.3 is 0 Å². The summed E-state index contributed by atoms with van der Waals surface area (Å²) in [5, 5.41) is 3.42. The zero-order valence-corrected chi connectivity index (χ0v) is 9.97. The Morgan fingerprint density at radius 2 is 1.64 bits per heavy atom. The van der Waals surface area contributed by atoms with Crippen molar-refractivity contribution in [2.45, 2.75) is 46.0 Å². The molecule has 0 aromatic heterocycles. The summed E-state index contributed by atoms with van der Waals surface area (Å²) < 4.78 is 0. The Bertz CT molecular complexity index is 180. The Morgan fingerprint density at radius 1 is 1.07 bits per heavy atom. The van der Waals surface area contributed by atoms with Crippen LogP contribution in [0.3, 0.4) is 0 Å². The van der Waals surface area contributed by atoms with E-state index < -0.39 is 0 Å². The van der Waals surface area contributed by atoms with Crippen LogP contribution >= 0.6 is 0 Å². The largest absolute Gasteiger partial charge is 0.319 e. The van der Waals surface area contributed by atoms with Gasteiger partial charge in [-0.15, -0.1) is 0 Å². The van der Waals surface area contributed by atoms with Crippen LogP contribution in [0.4, 0.5) is 0 Å². The van der Waals surface area contributed by atoms with Gasteiger partial charge in [0.15, 0.2) is 0 Å². The second kappa shape index (κ2) is 3.84. The molecule has 1 heteroatoms. The van der Waals surface area contributed by atoms with Crippen molar-refractivity contribution in [2.75, 3.05) is 13.6 Å². The zero-order valence-electron chi connectivity index (χ0n) is 9.97. The zero-order chi connectivity index (χ0) is 10.2. The minimum atomic E-state index is 0.661. The number of rotatable bonds is 2. The van der Waals surface area contributed by atoms with Crippen molar-refractivity contribution in [1.29, 1.82) is 0 Å². The molecule has 1 nitrogen and oxygen atoms in total. The first-order valence-corrected chi connectivity index (χ1v) is 6.28. The van der Waals surface area contributed by atoms with Gasteiger partial charge < -0.3 is 5.32 Å². The second-order valence-corrected chi connectivity index (χ2v) is 6.19. The van der Waals surface area contributed by atoms with Gasteiger partial charge in [0.1, 0.15) is 0 Å². The van der Waals surface area contributed by atoms with E-state index in [2.05, 4.69) is 26.2 Å². The van der Waals surface area contributed by atoms with E-state index in [1.807, 2.05) is 0 Å². The van der Waals surface area contributed by atoms with Gasteiger partial charge in [0.2, 0.25) is 0 Å². The first kappa shape index (κ1) is 10.5. The molecule has 0 aliphatic heterocycles. The number of hydrogen-bond donors (Lipinski definition) is 1. The molecular weight excluding hydrogens is 170 g/mol. The lowest BCUT2D eigenvalue weighted by Crippen LogP contribution is -2.44. The average Bonchev–Trinajstić information content (AvgIpc) is 1.99. The van der Waals surface area contributed by atoms with E-state index in [1.54, 1.807) is 0 Å². The summed E-state index contributed by atoms with van der Waals surface area (Å²) in [5.41, 5.74) is 0.661. The third kappa shape index (κ3) is 1.98. The minimum absolute atomic E-state index is 0.661. The van der Waals surface area contributed by atoms with E-state index in [-0.39, 0.29) is 0 Å². The van der Waals surface area contributed by atoms with E-state index in [4.69, 9.17) is 0 Å². The molecule has 0 saturated heterocycles. The quantitative estimate of drug-likeness (QED) is 0.714. The van der Waals surface area contributed by atoms with Gasteiger partial charge in [0, 0.05) is 6.54 Å². The molecule has 2 atom stereocenters. The Labute approximate surface area is 88.7 Å². The van der Waals surface area contributed by atoms with Gasteiger partial charge in [-0.2, -0.15) is 0 Å². The molecule has 14 heavy (non-hydrogen) atoms. The molecule has 1 N–H and O–H groups in total. The lowest BCUT2D eigenvalue weighted by Gasteiger charge is -2.50. The summed E-state index contributed by atoms with van der Waals surface area (Å²) in [6.07, 6.45) is 7.43. The van der Waals surface area contributed by atoms with E-state index in [9.17, 15) is 0 Å². The Morgan fingerprint density at radius 3 is 2.14 bits per heavy atom. The van der Waals surface area contributed by atoms with E-state index in [1.165, 1.54) is 38.6 Å². The minimum Gasteiger partial charge on any atom is -0.319 e. The standard InChI is InChI=1S/C13H25N/c1-10-4-12-5-11(2)7-13(6-10,8-12)9-14-3/h10-12,14H,4-9H2,1-3H3. The fourth-order valence-corrected chi connectivity index (χ4v) is 4.50. The molecule has 0 heterocycles. The van der Waals surface area contributed by atoms with Crippen LogP contribution in [-0.2, 0) is 0 Å². The maximum atomic E-state index is 3.42. The van der Waals surface area contributed by atoms with Gasteiger partial charge in [0.25, 0.3) is 0 Å². The van der Waals surface area contributed by atoms with Gasteiger partial charge in [-0.3, -0.25) is 0 Å². The summed E-state index contributed by atoms with van der Waals surface area (Å²) in [4.78, 5) is 0. The van der Waals surface area contributed by atoms with Crippen LogP contribution in [0.25, 0.3) is 0 Å². The van der Waals surface area contributed by atoms with Gasteiger partial charge in [-0.05, 0) is 62.3 Å². The lowest BCUT2D eigenvalue weighted by molar-refractivity contribution is 0.0200. The highest BCUT2D eigenvalue weighted by Gasteiger charge is 2.43. The average molecular weight is 195 g/mol. The molecule has 2 rings (SSSR count). The van der Waals surface area contributed by atoms with Crippen LogP contribution in [0, 0.1) is 23.2 Å². The maximum absolute atomic E-state index is 3.42. The predicted molar refractivity (Wildman–Crippen MR) is 61.3 cm³/mol. The van der Waals surface area contributed by atoms with Crippen molar-refractivity contribution in [3.05, 3.63) is 0 Å². The molecule has 0 amide bonds.